The molecule has 0 saturated carbocycles. The summed E-state index contributed by atoms with van der Waals surface area (Å²) in [6, 6.07) is 27.6. The molecule has 0 atom stereocenters. The van der Waals surface area contributed by atoms with Crippen molar-refractivity contribution >= 4 is 10.9 Å². The molecule has 1 aromatic heterocycles. The Morgan fingerprint density at radius 2 is 1.46 bits per heavy atom. The number of hydrogen-bond donors (Lipinski definition) is 0. The highest BCUT2D eigenvalue weighted by atomic mass is 16.5. The minimum absolute atomic E-state index is 0.424. The van der Waals surface area contributed by atoms with E-state index in [9.17, 15) is 0 Å². The molecule has 0 fully saturated rings. The van der Waals surface area contributed by atoms with Gasteiger partial charge in [-0.25, -0.2) is 4.98 Å². The van der Waals surface area contributed by atoms with Gasteiger partial charge in [0, 0.05) is 5.39 Å². The average Bonchev–Trinajstić information content (AvgIpc) is 2.77. The lowest BCUT2D eigenvalue weighted by Gasteiger charge is -2.10. The number of benzene rings is 3. The lowest BCUT2D eigenvalue weighted by Crippen LogP contribution is -2.00. The summed E-state index contributed by atoms with van der Waals surface area (Å²) in [6.07, 6.45) is 0. The molecule has 140 valence electrons. The SMILES string of the molecule is COc1ccc(OCc2cccc(OCc3ccc4ccccc4n3)c2)cc1. The van der Waals surface area contributed by atoms with Crippen LogP contribution in [-0.4, -0.2) is 12.1 Å². The van der Waals surface area contributed by atoms with Crippen LogP contribution in [0.2, 0.25) is 0 Å². The number of methoxy groups -OCH3 is 1. The zero-order valence-electron chi connectivity index (χ0n) is 15.7. The van der Waals surface area contributed by atoms with E-state index >= 15 is 0 Å². The minimum Gasteiger partial charge on any atom is -0.497 e. The van der Waals surface area contributed by atoms with Crippen LogP contribution in [0.15, 0.2) is 84.9 Å². The van der Waals surface area contributed by atoms with Crippen molar-refractivity contribution in [2.24, 2.45) is 0 Å². The summed E-state index contributed by atoms with van der Waals surface area (Å²) in [7, 11) is 1.65. The largest absolute Gasteiger partial charge is 0.497 e. The highest BCUT2D eigenvalue weighted by Gasteiger charge is 2.02. The molecule has 0 unspecified atom stereocenters. The maximum absolute atomic E-state index is 5.93. The van der Waals surface area contributed by atoms with Gasteiger partial charge < -0.3 is 14.2 Å². The topological polar surface area (TPSA) is 40.6 Å². The molecule has 0 bridgehead atoms. The molecule has 4 aromatic rings. The molecule has 1 heterocycles. The number of hydrogen-bond acceptors (Lipinski definition) is 4. The third-order valence-corrected chi connectivity index (χ3v) is 4.41. The molecule has 4 heteroatoms. The third kappa shape index (κ3) is 4.41. The Balaban J connectivity index is 1.37. The van der Waals surface area contributed by atoms with Crippen molar-refractivity contribution in [2.45, 2.75) is 13.2 Å². The first kappa shape index (κ1) is 17.9. The van der Waals surface area contributed by atoms with Gasteiger partial charge in [0.2, 0.25) is 0 Å². The van der Waals surface area contributed by atoms with Gasteiger partial charge in [0.1, 0.15) is 30.5 Å². The van der Waals surface area contributed by atoms with Crippen molar-refractivity contribution in [2.75, 3.05) is 7.11 Å². The lowest BCUT2D eigenvalue weighted by atomic mass is 10.2. The Hall–Kier alpha value is -3.53. The van der Waals surface area contributed by atoms with Crippen LogP contribution in [0.4, 0.5) is 0 Å². The Morgan fingerprint density at radius 3 is 2.32 bits per heavy atom. The molecular formula is C24H21NO3. The van der Waals surface area contributed by atoms with Crippen LogP contribution in [0.1, 0.15) is 11.3 Å². The van der Waals surface area contributed by atoms with Crippen LogP contribution in [0.3, 0.4) is 0 Å². The van der Waals surface area contributed by atoms with Gasteiger partial charge >= 0.3 is 0 Å². The van der Waals surface area contributed by atoms with Gasteiger partial charge in [0.15, 0.2) is 0 Å². The molecule has 0 radical (unpaired) electrons. The van der Waals surface area contributed by atoms with Gasteiger partial charge in [-0.05, 0) is 54.1 Å². The quantitative estimate of drug-likeness (QED) is 0.436. The van der Waals surface area contributed by atoms with E-state index in [0.717, 1.165) is 39.4 Å². The number of para-hydroxylation sites is 1. The van der Waals surface area contributed by atoms with E-state index < -0.39 is 0 Å². The standard InChI is InChI=1S/C24H21NO3/c1-26-21-11-13-22(14-12-21)27-16-18-5-4-7-23(15-18)28-17-20-10-9-19-6-2-3-8-24(19)25-20/h2-15H,16-17H2,1H3. The fourth-order valence-electron chi connectivity index (χ4n) is 2.91. The second kappa shape index (κ2) is 8.44. The predicted octanol–water partition coefficient (Wildman–Crippen LogP) is 5.40. The van der Waals surface area contributed by atoms with Gasteiger partial charge in [0.25, 0.3) is 0 Å². The zero-order valence-corrected chi connectivity index (χ0v) is 15.7. The summed E-state index contributed by atoms with van der Waals surface area (Å²) in [5.74, 6) is 2.41. The Kier molecular flexibility index (Phi) is 5.38. The van der Waals surface area contributed by atoms with E-state index in [1.54, 1.807) is 7.11 Å². The fourth-order valence-corrected chi connectivity index (χ4v) is 2.91. The highest BCUT2D eigenvalue weighted by Crippen LogP contribution is 2.20. The number of fused-ring (bicyclic) bond motifs is 1. The van der Waals surface area contributed by atoms with Crippen LogP contribution < -0.4 is 14.2 Å². The molecule has 0 saturated heterocycles. The molecule has 4 nitrogen and oxygen atoms in total. The molecule has 4 rings (SSSR count). The summed E-state index contributed by atoms with van der Waals surface area (Å²) in [5, 5.41) is 1.13. The smallest absolute Gasteiger partial charge is 0.130 e. The zero-order chi connectivity index (χ0) is 19.2. The predicted molar refractivity (Wildman–Crippen MR) is 110 cm³/mol. The maximum Gasteiger partial charge on any atom is 0.130 e. The number of nitrogens with zero attached hydrogens (tertiary/aromatic N) is 1. The second-order valence-electron chi connectivity index (χ2n) is 6.40. The molecule has 0 spiro atoms. The summed E-state index contributed by atoms with van der Waals surface area (Å²) in [6.45, 7) is 0.894. The van der Waals surface area contributed by atoms with Crippen molar-refractivity contribution in [1.29, 1.82) is 0 Å². The number of aromatic nitrogens is 1. The Labute approximate surface area is 164 Å². The maximum atomic E-state index is 5.93. The van der Waals surface area contributed by atoms with E-state index in [1.807, 2.05) is 72.8 Å². The first-order chi connectivity index (χ1) is 13.8. The molecule has 0 aliphatic rings. The van der Waals surface area contributed by atoms with Gasteiger partial charge in [-0.3, -0.25) is 0 Å². The van der Waals surface area contributed by atoms with Crippen molar-refractivity contribution in [3.8, 4) is 17.2 Å². The van der Waals surface area contributed by atoms with E-state index in [0.29, 0.717) is 13.2 Å². The van der Waals surface area contributed by atoms with E-state index in [2.05, 4.69) is 17.1 Å². The minimum atomic E-state index is 0.424. The highest BCUT2D eigenvalue weighted by molar-refractivity contribution is 5.78. The lowest BCUT2D eigenvalue weighted by molar-refractivity contribution is 0.293. The fraction of sp³-hybridized carbons (Fsp3) is 0.125. The third-order valence-electron chi connectivity index (χ3n) is 4.41. The Bertz CT molecular complexity index is 1060. The summed E-state index contributed by atoms with van der Waals surface area (Å²) in [5.41, 5.74) is 2.92. The first-order valence-corrected chi connectivity index (χ1v) is 9.13. The molecular weight excluding hydrogens is 350 g/mol. The van der Waals surface area contributed by atoms with Gasteiger partial charge in [0.05, 0.1) is 18.3 Å². The normalized spacial score (nSPS) is 10.6. The van der Waals surface area contributed by atoms with Crippen molar-refractivity contribution < 1.29 is 14.2 Å². The number of rotatable bonds is 7. The number of pyridine rings is 1. The van der Waals surface area contributed by atoms with Crippen LogP contribution in [0.5, 0.6) is 17.2 Å². The molecule has 28 heavy (non-hydrogen) atoms. The molecule has 0 aliphatic heterocycles. The van der Waals surface area contributed by atoms with Crippen LogP contribution in [-0.2, 0) is 13.2 Å². The second-order valence-corrected chi connectivity index (χ2v) is 6.40. The van der Waals surface area contributed by atoms with Crippen molar-refractivity contribution in [3.63, 3.8) is 0 Å². The van der Waals surface area contributed by atoms with Crippen molar-refractivity contribution in [1.82, 2.24) is 4.98 Å². The Morgan fingerprint density at radius 1 is 0.679 bits per heavy atom. The number of ether oxygens (including phenoxy) is 3. The van der Waals surface area contributed by atoms with Gasteiger partial charge in [-0.15, -0.1) is 0 Å². The van der Waals surface area contributed by atoms with Gasteiger partial charge in [-0.2, -0.15) is 0 Å². The van der Waals surface area contributed by atoms with Crippen LogP contribution >= 0.6 is 0 Å². The monoisotopic (exact) mass is 371 g/mol. The van der Waals surface area contributed by atoms with Crippen LogP contribution in [0, 0.1) is 0 Å². The van der Waals surface area contributed by atoms with Crippen molar-refractivity contribution in [3.05, 3.63) is 96.2 Å². The summed E-state index contributed by atoms with van der Waals surface area (Å²) < 4.78 is 16.9. The molecule has 0 aliphatic carbocycles. The summed E-state index contributed by atoms with van der Waals surface area (Å²) >= 11 is 0. The molecule has 0 N–H and O–H groups in total. The molecule has 3 aromatic carbocycles. The van der Waals surface area contributed by atoms with Gasteiger partial charge in [-0.1, -0.05) is 36.4 Å². The first-order valence-electron chi connectivity index (χ1n) is 9.13. The molecule has 0 amide bonds. The van der Waals surface area contributed by atoms with E-state index in [-0.39, 0.29) is 0 Å². The average molecular weight is 371 g/mol. The van der Waals surface area contributed by atoms with E-state index in [4.69, 9.17) is 14.2 Å². The van der Waals surface area contributed by atoms with E-state index in [1.165, 1.54) is 0 Å². The summed E-state index contributed by atoms with van der Waals surface area (Å²) in [4.78, 5) is 4.64. The van der Waals surface area contributed by atoms with Crippen LogP contribution in [0.25, 0.3) is 10.9 Å².